The molecule has 0 spiro atoms. The van der Waals surface area contributed by atoms with Crippen LogP contribution in [0.15, 0.2) is 82.5 Å². The van der Waals surface area contributed by atoms with Crippen molar-refractivity contribution in [3.8, 4) is 0 Å². The van der Waals surface area contributed by atoms with E-state index in [2.05, 4.69) is 10.4 Å². The second-order valence-corrected chi connectivity index (χ2v) is 10.2. The molecule has 4 rings (SSSR count). The van der Waals surface area contributed by atoms with Crippen LogP contribution < -0.4 is 15.2 Å². The number of anilines is 2. The van der Waals surface area contributed by atoms with Gasteiger partial charge in [0.25, 0.3) is 15.6 Å². The van der Waals surface area contributed by atoms with E-state index in [1.165, 1.54) is 36.0 Å². The molecule has 0 saturated carbocycles. The number of aryl methyl sites for hydroxylation is 2. The Morgan fingerprint density at radius 2 is 1.64 bits per heavy atom. The molecule has 2 N–H and O–H groups in total. The average Bonchev–Trinajstić information content (AvgIpc) is 2.86. The van der Waals surface area contributed by atoms with Crippen molar-refractivity contribution in [3.63, 3.8) is 0 Å². The molecule has 0 radical (unpaired) electrons. The smallest absolute Gasteiger partial charge is 0.274 e. The number of hydrogen-bond donors (Lipinski definition) is 2. The number of sulfonamides is 1. The lowest BCUT2D eigenvalue weighted by Crippen LogP contribution is -2.33. The van der Waals surface area contributed by atoms with Gasteiger partial charge in [-0.3, -0.25) is 13.9 Å². The standard InChI is InChI=1S/C26H26N4O5S/c1-18-7-11-20(12-8-18)30(15-16-31)36(34,35)21-13-9-19(10-14-21)27-25(32)17-24-22-5-3-4-6-23(22)26(33)29(2)28-24/h3-14,31H,15-17H2,1-2H3,(H,27,32). The normalized spacial score (nSPS) is 11.4. The number of carbonyl (C=O) groups is 1. The topological polar surface area (TPSA) is 122 Å². The first kappa shape index (κ1) is 25.1. The van der Waals surface area contributed by atoms with Gasteiger partial charge >= 0.3 is 0 Å². The maximum Gasteiger partial charge on any atom is 0.274 e. The third-order valence-corrected chi connectivity index (χ3v) is 7.55. The van der Waals surface area contributed by atoms with Crippen LogP contribution in [-0.2, 0) is 28.3 Å². The maximum atomic E-state index is 13.3. The SMILES string of the molecule is Cc1ccc(N(CCO)S(=O)(=O)c2ccc(NC(=O)Cc3nn(C)c(=O)c4ccccc34)cc2)cc1. The number of benzene rings is 3. The highest BCUT2D eigenvalue weighted by Crippen LogP contribution is 2.25. The number of hydrogen-bond acceptors (Lipinski definition) is 6. The number of amides is 1. The van der Waals surface area contributed by atoms with E-state index in [0.717, 1.165) is 9.87 Å². The van der Waals surface area contributed by atoms with Crippen LogP contribution in [0.2, 0.25) is 0 Å². The van der Waals surface area contributed by atoms with Crippen molar-refractivity contribution < 1.29 is 18.3 Å². The Balaban J connectivity index is 1.53. The van der Waals surface area contributed by atoms with Gasteiger partial charge in [-0.1, -0.05) is 35.9 Å². The lowest BCUT2D eigenvalue weighted by Gasteiger charge is -2.24. The van der Waals surface area contributed by atoms with E-state index >= 15 is 0 Å². The first-order valence-corrected chi connectivity index (χ1v) is 12.7. The number of rotatable bonds is 8. The summed E-state index contributed by atoms with van der Waals surface area (Å²) in [5.74, 6) is -0.358. The molecule has 3 aromatic carbocycles. The molecule has 1 heterocycles. The molecule has 1 amide bonds. The molecule has 0 fully saturated rings. The van der Waals surface area contributed by atoms with Crippen molar-refractivity contribution in [2.45, 2.75) is 18.2 Å². The van der Waals surface area contributed by atoms with Gasteiger partial charge in [-0.25, -0.2) is 13.1 Å². The van der Waals surface area contributed by atoms with Gasteiger partial charge in [-0.2, -0.15) is 5.10 Å². The average molecular weight is 507 g/mol. The fourth-order valence-corrected chi connectivity index (χ4v) is 5.35. The Kier molecular flexibility index (Phi) is 7.18. The summed E-state index contributed by atoms with van der Waals surface area (Å²) in [6.45, 7) is 1.47. The summed E-state index contributed by atoms with van der Waals surface area (Å²) in [6, 6.07) is 19.8. The molecule has 0 atom stereocenters. The fourth-order valence-electron chi connectivity index (χ4n) is 3.89. The van der Waals surface area contributed by atoms with Gasteiger partial charge in [0.15, 0.2) is 0 Å². The molecule has 0 bridgehead atoms. The Labute approximate surface area is 208 Å². The second kappa shape index (κ2) is 10.3. The second-order valence-electron chi connectivity index (χ2n) is 8.31. The van der Waals surface area contributed by atoms with E-state index < -0.39 is 10.0 Å². The zero-order chi connectivity index (χ0) is 25.9. The van der Waals surface area contributed by atoms with Crippen molar-refractivity contribution in [3.05, 3.63) is 94.4 Å². The zero-order valence-corrected chi connectivity index (χ0v) is 20.7. The predicted octanol–water partition coefficient (Wildman–Crippen LogP) is 2.61. The Bertz CT molecular complexity index is 1560. The first-order valence-electron chi connectivity index (χ1n) is 11.3. The van der Waals surface area contributed by atoms with Gasteiger partial charge in [-0.05, 0) is 49.4 Å². The van der Waals surface area contributed by atoms with Crippen LogP contribution in [-0.4, -0.2) is 42.4 Å². The number of fused-ring (bicyclic) bond motifs is 1. The van der Waals surface area contributed by atoms with E-state index in [9.17, 15) is 23.1 Å². The molecule has 0 saturated heterocycles. The lowest BCUT2D eigenvalue weighted by atomic mass is 10.1. The summed E-state index contributed by atoms with van der Waals surface area (Å²) in [6.07, 6.45) is -0.0631. The van der Waals surface area contributed by atoms with Crippen LogP contribution in [0.4, 0.5) is 11.4 Å². The van der Waals surface area contributed by atoms with E-state index in [1.54, 1.807) is 48.5 Å². The summed E-state index contributed by atoms with van der Waals surface area (Å²) < 4.78 is 28.9. The van der Waals surface area contributed by atoms with Crippen LogP contribution in [0.25, 0.3) is 10.8 Å². The van der Waals surface area contributed by atoms with Crippen molar-refractivity contribution in [1.82, 2.24) is 9.78 Å². The largest absolute Gasteiger partial charge is 0.394 e. The molecule has 186 valence electrons. The van der Waals surface area contributed by atoms with E-state index in [4.69, 9.17) is 0 Å². The van der Waals surface area contributed by atoms with Gasteiger partial charge < -0.3 is 10.4 Å². The van der Waals surface area contributed by atoms with Crippen LogP contribution >= 0.6 is 0 Å². The van der Waals surface area contributed by atoms with Gasteiger partial charge in [0.2, 0.25) is 5.91 Å². The van der Waals surface area contributed by atoms with Crippen LogP contribution in [0.1, 0.15) is 11.3 Å². The molecule has 0 unspecified atom stereocenters. The molecule has 0 aliphatic heterocycles. The Morgan fingerprint density at radius 1 is 1.00 bits per heavy atom. The molecule has 9 nitrogen and oxygen atoms in total. The third kappa shape index (κ3) is 5.14. The minimum Gasteiger partial charge on any atom is -0.394 e. The Morgan fingerprint density at radius 3 is 2.28 bits per heavy atom. The summed E-state index contributed by atoms with van der Waals surface area (Å²) in [7, 11) is -2.40. The number of aromatic nitrogens is 2. The maximum absolute atomic E-state index is 13.3. The monoisotopic (exact) mass is 506 g/mol. The van der Waals surface area contributed by atoms with Gasteiger partial charge in [-0.15, -0.1) is 0 Å². The minimum atomic E-state index is -3.94. The van der Waals surface area contributed by atoms with Crippen molar-refractivity contribution >= 4 is 38.1 Å². The van der Waals surface area contributed by atoms with Crippen molar-refractivity contribution in [1.29, 1.82) is 0 Å². The van der Waals surface area contributed by atoms with Crippen LogP contribution in [0.3, 0.4) is 0 Å². The molecule has 1 aromatic heterocycles. The number of nitrogens with one attached hydrogen (secondary N) is 1. The highest BCUT2D eigenvalue weighted by Gasteiger charge is 2.24. The van der Waals surface area contributed by atoms with E-state index in [0.29, 0.717) is 27.8 Å². The van der Waals surface area contributed by atoms with Gasteiger partial charge in [0, 0.05) is 18.1 Å². The van der Waals surface area contributed by atoms with Crippen LogP contribution in [0.5, 0.6) is 0 Å². The van der Waals surface area contributed by atoms with E-state index in [-0.39, 0.29) is 35.9 Å². The minimum absolute atomic E-state index is 0.0280. The summed E-state index contributed by atoms with van der Waals surface area (Å²) in [5.41, 5.74) is 2.07. The molecule has 0 aliphatic carbocycles. The summed E-state index contributed by atoms with van der Waals surface area (Å²) in [5, 5.41) is 17.5. The number of aliphatic hydroxyl groups is 1. The number of carbonyl (C=O) groups excluding carboxylic acids is 1. The van der Waals surface area contributed by atoms with E-state index in [1.807, 2.05) is 6.92 Å². The number of nitrogens with zero attached hydrogens (tertiary/aromatic N) is 3. The molecule has 0 aliphatic rings. The fraction of sp³-hybridized carbons (Fsp3) is 0.192. The zero-order valence-electron chi connectivity index (χ0n) is 19.9. The molecule has 4 aromatic rings. The van der Waals surface area contributed by atoms with Crippen molar-refractivity contribution in [2.24, 2.45) is 7.05 Å². The quantitative estimate of drug-likeness (QED) is 0.379. The first-order chi connectivity index (χ1) is 17.2. The molecular formula is C26H26N4O5S. The van der Waals surface area contributed by atoms with Gasteiger partial charge in [0.1, 0.15) is 0 Å². The van der Waals surface area contributed by atoms with Crippen LogP contribution in [0, 0.1) is 6.92 Å². The predicted molar refractivity (Wildman–Crippen MR) is 139 cm³/mol. The summed E-state index contributed by atoms with van der Waals surface area (Å²) in [4.78, 5) is 25.0. The lowest BCUT2D eigenvalue weighted by molar-refractivity contribution is -0.115. The molecule has 36 heavy (non-hydrogen) atoms. The highest BCUT2D eigenvalue weighted by atomic mass is 32.2. The van der Waals surface area contributed by atoms with Gasteiger partial charge in [0.05, 0.1) is 41.2 Å². The molecule has 10 heteroatoms. The van der Waals surface area contributed by atoms with Crippen molar-refractivity contribution in [2.75, 3.05) is 22.8 Å². The molecular weight excluding hydrogens is 480 g/mol. The Hall–Kier alpha value is -4.02. The summed E-state index contributed by atoms with van der Waals surface area (Å²) >= 11 is 0. The highest BCUT2D eigenvalue weighted by molar-refractivity contribution is 7.92. The third-order valence-electron chi connectivity index (χ3n) is 5.71. The number of aliphatic hydroxyl groups excluding tert-OH is 1.